The van der Waals surface area contributed by atoms with Crippen LogP contribution < -0.4 is 10.1 Å². The molecule has 1 aliphatic rings. The molecule has 216 valence electrons. The highest BCUT2D eigenvalue weighted by Gasteiger charge is 2.36. The van der Waals surface area contributed by atoms with Crippen LogP contribution in [-0.4, -0.2) is 45.1 Å². The van der Waals surface area contributed by atoms with Crippen LogP contribution in [0, 0.1) is 0 Å². The molecule has 0 aliphatic carbocycles. The van der Waals surface area contributed by atoms with Gasteiger partial charge in [0, 0.05) is 32.0 Å². The van der Waals surface area contributed by atoms with Crippen molar-refractivity contribution < 1.29 is 18.9 Å². The summed E-state index contributed by atoms with van der Waals surface area (Å²) in [5.41, 5.74) is 3.61. The van der Waals surface area contributed by atoms with Crippen molar-refractivity contribution in [3.63, 3.8) is 0 Å². The third-order valence-electron chi connectivity index (χ3n) is 7.68. The molecule has 0 spiro atoms. The Morgan fingerprint density at radius 2 is 1.41 bits per heavy atom. The number of hydrogen-bond donors (Lipinski definition) is 1. The molecule has 0 saturated carbocycles. The van der Waals surface area contributed by atoms with E-state index in [1.807, 2.05) is 18.2 Å². The van der Waals surface area contributed by atoms with E-state index in [0.717, 1.165) is 44.7 Å². The van der Waals surface area contributed by atoms with Crippen molar-refractivity contribution in [3.8, 4) is 5.75 Å². The monoisotopic (exact) mass is 553 g/mol. The average Bonchev–Trinajstić information content (AvgIpc) is 3.02. The van der Waals surface area contributed by atoms with E-state index in [-0.39, 0.29) is 18.1 Å². The summed E-state index contributed by atoms with van der Waals surface area (Å²) in [5, 5.41) is 6.05. The zero-order valence-electron chi connectivity index (χ0n) is 24.2. The summed E-state index contributed by atoms with van der Waals surface area (Å²) in [6.45, 7) is 7.10. The van der Waals surface area contributed by atoms with Gasteiger partial charge in [0.1, 0.15) is 5.75 Å². The highest BCUT2D eigenvalue weighted by Crippen LogP contribution is 2.32. The molecule has 5 heteroatoms. The van der Waals surface area contributed by atoms with Crippen molar-refractivity contribution in [2.75, 3.05) is 32.9 Å². The van der Waals surface area contributed by atoms with E-state index >= 15 is 0 Å². The van der Waals surface area contributed by atoms with Crippen LogP contribution >= 0.6 is 0 Å². The molecule has 5 nitrogen and oxygen atoms in total. The Labute approximate surface area is 244 Å². The maximum absolute atomic E-state index is 6.60. The molecular weight excluding hydrogens is 510 g/mol. The molecule has 0 bridgehead atoms. The van der Waals surface area contributed by atoms with Gasteiger partial charge in [0.15, 0.2) is 0 Å². The number of piperidine rings is 1. The first-order chi connectivity index (χ1) is 20.3. The van der Waals surface area contributed by atoms with Crippen LogP contribution in [0.15, 0.2) is 97.1 Å². The summed E-state index contributed by atoms with van der Waals surface area (Å²) >= 11 is 0. The van der Waals surface area contributed by atoms with E-state index in [2.05, 4.69) is 91.1 Å². The lowest BCUT2D eigenvalue weighted by Gasteiger charge is -2.39. The topological polar surface area (TPSA) is 49.0 Å². The van der Waals surface area contributed by atoms with Crippen LogP contribution in [0.3, 0.4) is 0 Å². The quantitative estimate of drug-likeness (QED) is 0.157. The maximum atomic E-state index is 6.60. The van der Waals surface area contributed by atoms with Gasteiger partial charge in [-0.2, -0.15) is 0 Å². The van der Waals surface area contributed by atoms with Gasteiger partial charge in [0.25, 0.3) is 0 Å². The summed E-state index contributed by atoms with van der Waals surface area (Å²) in [7, 11) is 0. The molecule has 1 fully saturated rings. The number of benzene rings is 4. The molecule has 1 saturated heterocycles. The Bertz CT molecular complexity index is 1310. The first-order valence-electron chi connectivity index (χ1n) is 15.1. The van der Waals surface area contributed by atoms with Gasteiger partial charge in [-0.05, 0) is 52.1 Å². The fourth-order valence-electron chi connectivity index (χ4n) is 5.43. The van der Waals surface area contributed by atoms with E-state index in [1.165, 1.54) is 27.5 Å². The first kappa shape index (κ1) is 29.3. The summed E-state index contributed by atoms with van der Waals surface area (Å²) in [4.78, 5) is 0. The van der Waals surface area contributed by atoms with E-state index < -0.39 is 0 Å². The fourth-order valence-corrected chi connectivity index (χ4v) is 5.43. The van der Waals surface area contributed by atoms with Crippen LogP contribution in [0.1, 0.15) is 48.8 Å². The molecule has 3 unspecified atom stereocenters. The highest BCUT2D eigenvalue weighted by molar-refractivity contribution is 5.82. The van der Waals surface area contributed by atoms with Crippen molar-refractivity contribution in [1.29, 1.82) is 0 Å². The van der Waals surface area contributed by atoms with Gasteiger partial charge in [0.05, 0.1) is 38.6 Å². The molecule has 1 N–H and O–H groups in total. The van der Waals surface area contributed by atoms with Crippen LogP contribution in [0.25, 0.3) is 10.8 Å². The van der Waals surface area contributed by atoms with E-state index in [9.17, 15) is 0 Å². The van der Waals surface area contributed by atoms with Gasteiger partial charge < -0.3 is 24.3 Å². The third-order valence-corrected chi connectivity index (χ3v) is 7.68. The van der Waals surface area contributed by atoms with Crippen LogP contribution in [0.2, 0.25) is 0 Å². The van der Waals surface area contributed by atoms with E-state index in [0.29, 0.717) is 26.4 Å². The van der Waals surface area contributed by atoms with Gasteiger partial charge in [0.2, 0.25) is 0 Å². The Balaban J connectivity index is 1.17. The van der Waals surface area contributed by atoms with Crippen molar-refractivity contribution in [2.24, 2.45) is 0 Å². The Morgan fingerprint density at radius 1 is 0.659 bits per heavy atom. The minimum atomic E-state index is 0.00961. The molecule has 0 amide bonds. The lowest BCUT2D eigenvalue weighted by molar-refractivity contribution is -0.0603. The number of rotatable bonds is 15. The minimum Gasteiger partial charge on any atom is -0.494 e. The first-order valence-corrected chi connectivity index (χ1v) is 15.1. The fraction of sp³-hybridized carbons (Fsp3) is 0.389. The molecule has 0 aromatic heterocycles. The van der Waals surface area contributed by atoms with Crippen LogP contribution in [0.5, 0.6) is 5.75 Å². The molecular formula is C36H43NO4. The predicted molar refractivity (Wildman–Crippen MR) is 165 cm³/mol. The molecule has 1 heterocycles. The average molecular weight is 554 g/mol. The molecule has 4 aromatic rings. The van der Waals surface area contributed by atoms with E-state index in [1.54, 1.807) is 0 Å². The Morgan fingerprint density at radius 3 is 2.22 bits per heavy atom. The van der Waals surface area contributed by atoms with Crippen molar-refractivity contribution in [3.05, 3.63) is 114 Å². The Hall–Kier alpha value is -3.22. The number of nitrogens with one attached hydrogen (secondary N) is 1. The van der Waals surface area contributed by atoms with Gasteiger partial charge in [-0.15, -0.1) is 0 Å². The lowest BCUT2D eigenvalue weighted by Crippen LogP contribution is -2.50. The highest BCUT2D eigenvalue weighted by atomic mass is 16.5. The number of fused-ring (bicyclic) bond motifs is 1. The molecule has 1 aliphatic heterocycles. The molecule has 0 radical (unpaired) electrons. The van der Waals surface area contributed by atoms with Crippen LogP contribution in [-0.2, 0) is 27.4 Å². The van der Waals surface area contributed by atoms with Crippen molar-refractivity contribution in [2.45, 2.75) is 57.5 Å². The molecule has 3 atom stereocenters. The standard InChI is InChI=1S/C36H43NO4/c1-2-3-21-40-34-24-37-25-35(41-27-29-14-15-30-12-7-8-13-32(30)23-29)36(34)31-16-18-33(19-17-31)39-22-9-20-38-26-28-10-5-4-6-11-28/h4-8,10-19,23,34-37H,2-3,9,20-22,24-27H2,1H3. The molecule has 5 rings (SSSR count). The van der Waals surface area contributed by atoms with Gasteiger partial charge >= 0.3 is 0 Å². The number of ether oxygens (including phenoxy) is 4. The second kappa shape index (κ2) is 15.7. The second-order valence-electron chi connectivity index (χ2n) is 10.8. The van der Waals surface area contributed by atoms with Crippen LogP contribution in [0.4, 0.5) is 0 Å². The van der Waals surface area contributed by atoms with Crippen molar-refractivity contribution >= 4 is 10.8 Å². The predicted octanol–water partition coefficient (Wildman–Crippen LogP) is 7.28. The summed E-state index contributed by atoms with van der Waals surface area (Å²) in [6.07, 6.45) is 3.10. The van der Waals surface area contributed by atoms with Crippen molar-refractivity contribution in [1.82, 2.24) is 5.32 Å². The summed E-state index contributed by atoms with van der Waals surface area (Å²) in [6, 6.07) is 33.8. The zero-order valence-corrected chi connectivity index (χ0v) is 24.2. The zero-order chi connectivity index (χ0) is 28.1. The number of unbranched alkanes of at least 4 members (excludes halogenated alkanes) is 1. The summed E-state index contributed by atoms with van der Waals surface area (Å²) in [5.74, 6) is 1.02. The van der Waals surface area contributed by atoms with Gasteiger partial charge in [-0.1, -0.05) is 92.2 Å². The van der Waals surface area contributed by atoms with Gasteiger partial charge in [-0.3, -0.25) is 0 Å². The number of hydrogen-bond acceptors (Lipinski definition) is 5. The Kier molecular flexibility index (Phi) is 11.2. The largest absolute Gasteiger partial charge is 0.494 e. The third kappa shape index (κ3) is 8.64. The maximum Gasteiger partial charge on any atom is 0.119 e. The normalized spacial score (nSPS) is 18.9. The second-order valence-corrected chi connectivity index (χ2v) is 10.8. The van der Waals surface area contributed by atoms with E-state index in [4.69, 9.17) is 18.9 Å². The smallest absolute Gasteiger partial charge is 0.119 e. The van der Waals surface area contributed by atoms with Gasteiger partial charge in [-0.25, -0.2) is 0 Å². The molecule has 41 heavy (non-hydrogen) atoms. The minimum absolute atomic E-state index is 0.00961. The SMILES string of the molecule is CCCCOC1CNCC(OCc2ccc3ccccc3c2)C1c1ccc(OCCCOCc2ccccc2)cc1. The summed E-state index contributed by atoms with van der Waals surface area (Å²) < 4.78 is 24.8. The lowest BCUT2D eigenvalue weighted by atomic mass is 9.85. The molecule has 4 aromatic carbocycles.